The number of phenolic OH excluding ortho intramolecular Hbond substituents is 1. The minimum Gasteiger partial charge on any atom is -0.507 e. The van der Waals surface area contributed by atoms with Crippen molar-refractivity contribution < 1.29 is 9.90 Å². The average molecular weight is 330 g/mol. The number of amides is 1. The van der Waals surface area contributed by atoms with Crippen LogP contribution in [0.5, 0.6) is 5.75 Å². The van der Waals surface area contributed by atoms with Crippen LogP contribution in [-0.2, 0) is 0 Å². The number of aromatic nitrogens is 2. The average Bonchev–Trinajstić information content (AvgIpc) is 3.11. The summed E-state index contributed by atoms with van der Waals surface area (Å²) in [6, 6.07) is 16.3. The number of aromatic hydroxyl groups is 1. The van der Waals surface area contributed by atoms with Crippen molar-refractivity contribution in [3.8, 4) is 5.75 Å². The van der Waals surface area contributed by atoms with Crippen molar-refractivity contribution >= 4 is 33.9 Å². The first-order chi connectivity index (χ1) is 12.2. The molecule has 0 saturated carbocycles. The SMILES string of the molecule is O=C(NN=Cc1ccc2ccccc2c1O)c1ccc2nc[nH]c2c1. The Balaban J connectivity index is 1.54. The third kappa shape index (κ3) is 2.81. The van der Waals surface area contributed by atoms with Crippen LogP contribution in [0.25, 0.3) is 21.8 Å². The fourth-order valence-corrected chi connectivity index (χ4v) is 2.68. The van der Waals surface area contributed by atoms with Crippen molar-refractivity contribution in [3.63, 3.8) is 0 Å². The largest absolute Gasteiger partial charge is 0.507 e. The molecular formula is C19H14N4O2. The third-order valence-electron chi connectivity index (χ3n) is 3.98. The van der Waals surface area contributed by atoms with Gasteiger partial charge in [-0.15, -0.1) is 0 Å². The number of rotatable bonds is 3. The summed E-state index contributed by atoms with van der Waals surface area (Å²) < 4.78 is 0. The lowest BCUT2D eigenvalue weighted by Gasteiger charge is -2.04. The topological polar surface area (TPSA) is 90.4 Å². The summed E-state index contributed by atoms with van der Waals surface area (Å²) in [5.74, 6) is -0.206. The number of aromatic amines is 1. The summed E-state index contributed by atoms with van der Waals surface area (Å²) in [7, 11) is 0. The minimum absolute atomic E-state index is 0.134. The zero-order valence-corrected chi connectivity index (χ0v) is 13.1. The summed E-state index contributed by atoms with van der Waals surface area (Å²) >= 11 is 0. The molecule has 0 atom stereocenters. The van der Waals surface area contributed by atoms with Gasteiger partial charge in [-0.3, -0.25) is 4.79 Å². The Morgan fingerprint density at radius 1 is 1.16 bits per heavy atom. The van der Waals surface area contributed by atoms with E-state index in [1.807, 2.05) is 30.3 Å². The fraction of sp³-hybridized carbons (Fsp3) is 0. The molecule has 3 N–H and O–H groups in total. The van der Waals surface area contributed by atoms with Crippen molar-refractivity contribution in [3.05, 3.63) is 72.1 Å². The summed E-state index contributed by atoms with van der Waals surface area (Å²) in [4.78, 5) is 19.2. The van der Waals surface area contributed by atoms with E-state index in [4.69, 9.17) is 0 Å². The van der Waals surface area contributed by atoms with E-state index in [1.165, 1.54) is 6.21 Å². The van der Waals surface area contributed by atoms with E-state index in [9.17, 15) is 9.90 Å². The Morgan fingerprint density at radius 2 is 2.04 bits per heavy atom. The number of hydrazone groups is 1. The van der Waals surface area contributed by atoms with Crippen molar-refractivity contribution in [1.29, 1.82) is 0 Å². The van der Waals surface area contributed by atoms with Gasteiger partial charge in [-0.1, -0.05) is 30.3 Å². The van der Waals surface area contributed by atoms with Crippen molar-refractivity contribution in [2.24, 2.45) is 5.10 Å². The van der Waals surface area contributed by atoms with Gasteiger partial charge < -0.3 is 10.1 Å². The molecule has 1 heterocycles. The summed E-state index contributed by atoms with van der Waals surface area (Å²) in [5, 5.41) is 15.9. The van der Waals surface area contributed by atoms with Crippen molar-refractivity contribution in [1.82, 2.24) is 15.4 Å². The van der Waals surface area contributed by atoms with Gasteiger partial charge in [-0.25, -0.2) is 10.4 Å². The first-order valence-electron chi connectivity index (χ1n) is 7.69. The van der Waals surface area contributed by atoms with Gasteiger partial charge >= 0.3 is 0 Å². The number of nitrogens with zero attached hydrogens (tertiary/aromatic N) is 2. The molecule has 0 aliphatic rings. The maximum absolute atomic E-state index is 12.2. The van der Waals surface area contributed by atoms with Gasteiger partial charge in [0.15, 0.2) is 0 Å². The quantitative estimate of drug-likeness (QED) is 0.398. The summed E-state index contributed by atoms with van der Waals surface area (Å²) in [6.45, 7) is 0. The van der Waals surface area contributed by atoms with E-state index in [0.29, 0.717) is 11.1 Å². The molecule has 122 valence electrons. The molecule has 3 aromatic carbocycles. The van der Waals surface area contributed by atoms with Gasteiger partial charge in [0.25, 0.3) is 5.91 Å². The number of imidazole rings is 1. The van der Waals surface area contributed by atoms with Crippen LogP contribution in [0.15, 0.2) is 66.0 Å². The molecule has 4 rings (SSSR count). The van der Waals surface area contributed by atoms with E-state index in [2.05, 4.69) is 20.5 Å². The molecular weight excluding hydrogens is 316 g/mol. The highest BCUT2D eigenvalue weighted by Gasteiger charge is 2.07. The van der Waals surface area contributed by atoms with Crippen LogP contribution in [0.3, 0.4) is 0 Å². The molecule has 4 aromatic rings. The number of nitrogens with one attached hydrogen (secondary N) is 2. The number of hydrogen-bond donors (Lipinski definition) is 3. The Bertz CT molecular complexity index is 1110. The number of benzene rings is 3. The smallest absolute Gasteiger partial charge is 0.271 e. The maximum Gasteiger partial charge on any atom is 0.271 e. The molecule has 1 aromatic heterocycles. The van der Waals surface area contributed by atoms with E-state index < -0.39 is 0 Å². The summed E-state index contributed by atoms with van der Waals surface area (Å²) in [6.07, 6.45) is 3.00. The van der Waals surface area contributed by atoms with Crippen LogP contribution in [0.1, 0.15) is 15.9 Å². The molecule has 0 aliphatic heterocycles. The van der Waals surface area contributed by atoms with Crippen LogP contribution < -0.4 is 5.43 Å². The van der Waals surface area contributed by atoms with E-state index in [-0.39, 0.29) is 11.7 Å². The van der Waals surface area contributed by atoms with Crippen LogP contribution >= 0.6 is 0 Å². The number of phenols is 1. The van der Waals surface area contributed by atoms with Crippen LogP contribution in [0, 0.1) is 0 Å². The lowest BCUT2D eigenvalue weighted by molar-refractivity contribution is 0.0955. The molecule has 6 heteroatoms. The standard InChI is InChI=1S/C19H14N4O2/c24-18-14(6-5-12-3-1-2-4-15(12)18)10-22-23-19(25)13-7-8-16-17(9-13)21-11-20-16/h1-11,24H,(H,20,21)(H,23,25). The molecule has 0 fully saturated rings. The highest BCUT2D eigenvalue weighted by molar-refractivity contribution is 5.99. The Hall–Kier alpha value is -3.67. The van der Waals surface area contributed by atoms with Gasteiger partial charge in [-0.2, -0.15) is 5.10 Å². The molecule has 1 amide bonds. The van der Waals surface area contributed by atoms with Crippen LogP contribution in [0.2, 0.25) is 0 Å². The number of carbonyl (C=O) groups excluding carboxylic acids is 1. The molecule has 0 aliphatic carbocycles. The monoisotopic (exact) mass is 330 g/mol. The van der Waals surface area contributed by atoms with Crippen LogP contribution in [0.4, 0.5) is 0 Å². The Kier molecular flexibility index (Phi) is 3.63. The second-order valence-electron chi connectivity index (χ2n) is 5.56. The van der Waals surface area contributed by atoms with Crippen molar-refractivity contribution in [2.75, 3.05) is 0 Å². The molecule has 0 radical (unpaired) electrons. The lowest BCUT2D eigenvalue weighted by atomic mass is 10.1. The fourth-order valence-electron chi connectivity index (χ4n) is 2.68. The first-order valence-corrected chi connectivity index (χ1v) is 7.69. The normalized spacial score (nSPS) is 11.4. The number of hydrogen-bond acceptors (Lipinski definition) is 4. The summed E-state index contributed by atoms with van der Waals surface area (Å²) in [5.41, 5.74) is 5.04. The molecule has 0 saturated heterocycles. The third-order valence-corrected chi connectivity index (χ3v) is 3.98. The number of carbonyl (C=O) groups is 1. The molecule has 6 nitrogen and oxygen atoms in total. The van der Waals surface area contributed by atoms with Crippen LogP contribution in [-0.4, -0.2) is 27.2 Å². The zero-order valence-electron chi connectivity index (χ0n) is 13.1. The molecule has 0 bridgehead atoms. The Labute approximate surface area is 142 Å². The molecule has 25 heavy (non-hydrogen) atoms. The number of fused-ring (bicyclic) bond motifs is 2. The molecule has 0 unspecified atom stereocenters. The van der Waals surface area contributed by atoms with E-state index >= 15 is 0 Å². The van der Waals surface area contributed by atoms with E-state index in [0.717, 1.165) is 21.8 Å². The Morgan fingerprint density at radius 3 is 2.96 bits per heavy atom. The van der Waals surface area contributed by atoms with Gasteiger partial charge in [0.2, 0.25) is 0 Å². The van der Waals surface area contributed by atoms with Gasteiger partial charge in [0.1, 0.15) is 5.75 Å². The molecule has 0 spiro atoms. The van der Waals surface area contributed by atoms with Crippen molar-refractivity contribution in [2.45, 2.75) is 0 Å². The maximum atomic E-state index is 12.2. The number of H-pyrrole nitrogens is 1. The van der Waals surface area contributed by atoms with Gasteiger partial charge in [-0.05, 0) is 29.7 Å². The first kappa shape index (κ1) is 14.9. The highest BCUT2D eigenvalue weighted by atomic mass is 16.3. The van der Waals surface area contributed by atoms with E-state index in [1.54, 1.807) is 30.6 Å². The zero-order chi connectivity index (χ0) is 17.2. The second kappa shape index (κ2) is 6.09. The van der Waals surface area contributed by atoms with Gasteiger partial charge in [0, 0.05) is 16.5 Å². The predicted molar refractivity (Wildman–Crippen MR) is 96.8 cm³/mol. The predicted octanol–water partition coefficient (Wildman–Crippen LogP) is 3.19. The van der Waals surface area contributed by atoms with Gasteiger partial charge in [0.05, 0.1) is 23.6 Å². The second-order valence-corrected chi connectivity index (χ2v) is 5.56. The minimum atomic E-state index is -0.340. The highest BCUT2D eigenvalue weighted by Crippen LogP contribution is 2.27. The lowest BCUT2D eigenvalue weighted by Crippen LogP contribution is -2.17.